The van der Waals surface area contributed by atoms with Crippen molar-refractivity contribution >= 4 is 26.8 Å². The molecule has 0 spiro atoms. The maximum absolute atomic E-state index is 10.9. The fraction of sp³-hybridized carbons (Fsp3) is 0.500. The topological polar surface area (TPSA) is 60.7 Å². The van der Waals surface area contributed by atoms with Crippen LogP contribution in [0, 0.1) is 0 Å². The van der Waals surface area contributed by atoms with E-state index in [9.17, 15) is 30.1 Å². The first-order valence-electron chi connectivity index (χ1n) is 7.36. The van der Waals surface area contributed by atoms with E-state index >= 15 is 0 Å². The molecule has 0 fully saturated rings. The molecule has 0 saturated carbocycles. The van der Waals surface area contributed by atoms with Crippen LogP contribution < -0.4 is 0 Å². The quantitative estimate of drug-likeness (QED) is 0.544. The minimum absolute atomic E-state index is 0.473. The van der Waals surface area contributed by atoms with E-state index in [2.05, 4.69) is 10.3 Å². The number of para-hydroxylation sites is 1. The molecule has 0 aliphatic rings. The molecule has 27 heavy (non-hydrogen) atoms. The van der Waals surface area contributed by atoms with Crippen molar-refractivity contribution < 1.29 is 30.1 Å². The van der Waals surface area contributed by atoms with E-state index in [1.54, 1.807) is 4.68 Å². The van der Waals surface area contributed by atoms with Crippen molar-refractivity contribution in [1.29, 1.82) is 0 Å². The van der Waals surface area contributed by atoms with Crippen LogP contribution in [0.25, 0.3) is 11.0 Å². The molecule has 0 aliphatic heterocycles. The second-order valence-electron chi connectivity index (χ2n) is 6.07. The molecular formula is C12H22F6N6OP2. The molecule has 2 aromatic rings. The summed E-state index contributed by atoms with van der Waals surface area (Å²) in [4.78, 5) is 10.9. The Morgan fingerprint density at radius 2 is 1.41 bits per heavy atom. The van der Waals surface area contributed by atoms with Gasteiger partial charge in [0.25, 0.3) is 0 Å². The summed E-state index contributed by atoms with van der Waals surface area (Å²) in [5, 5.41) is 8.30. The van der Waals surface area contributed by atoms with Crippen LogP contribution in [0.1, 0.15) is 0 Å². The first kappa shape index (κ1) is 23.9. The van der Waals surface area contributed by atoms with E-state index in [-0.39, 0.29) is 0 Å². The summed E-state index contributed by atoms with van der Waals surface area (Å²) in [6, 6.07) is 7.81. The molecule has 1 N–H and O–H groups in total. The van der Waals surface area contributed by atoms with Crippen LogP contribution in [0.3, 0.4) is 0 Å². The first-order valence-corrected chi connectivity index (χ1v) is 11.0. The Morgan fingerprint density at radius 1 is 0.963 bits per heavy atom. The summed E-state index contributed by atoms with van der Waals surface area (Å²) < 4.78 is 66.6. The third kappa shape index (κ3) is 7.81. The molecular weight excluding hydrogens is 420 g/mol. The summed E-state index contributed by atoms with van der Waals surface area (Å²) in [7, 11) is -3.76. The second kappa shape index (κ2) is 7.06. The standard InChI is InChI=1S/C12H22N6OP.F6P/c1-15(2)20(19,16(3)4)17(5)10-18-12-9-7-6-8-11(12)13-14-18;1-7(2,3,4,5)6/h6-9,19H,10H2,1-5H3;/q+1;-1. The third-order valence-electron chi connectivity index (χ3n) is 3.29. The van der Waals surface area contributed by atoms with E-state index < -0.39 is 15.8 Å². The summed E-state index contributed by atoms with van der Waals surface area (Å²) in [5.74, 6) is 0. The van der Waals surface area contributed by atoms with E-state index in [0.29, 0.717) is 6.67 Å². The van der Waals surface area contributed by atoms with Crippen LogP contribution >= 0.6 is 15.8 Å². The first-order chi connectivity index (χ1) is 11.8. The molecule has 1 aromatic carbocycles. The second-order valence-corrected chi connectivity index (χ2v) is 11.3. The van der Waals surface area contributed by atoms with Gasteiger partial charge < -0.3 is 0 Å². The molecule has 0 aliphatic carbocycles. The van der Waals surface area contributed by atoms with Gasteiger partial charge in [0.1, 0.15) is 12.2 Å². The third-order valence-corrected chi connectivity index (χ3v) is 6.48. The van der Waals surface area contributed by atoms with Crippen molar-refractivity contribution in [1.82, 2.24) is 29.0 Å². The van der Waals surface area contributed by atoms with Crippen LogP contribution in [0.2, 0.25) is 0 Å². The van der Waals surface area contributed by atoms with Gasteiger partial charge in [-0.2, -0.15) is 4.89 Å². The van der Waals surface area contributed by atoms with E-state index in [4.69, 9.17) is 0 Å². The van der Waals surface area contributed by atoms with Gasteiger partial charge in [-0.3, -0.25) is 0 Å². The summed E-state index contributed by atoms with van der Waals surface area (Å²) in [6.07, 6.45) is 0. The van der Waals surface area contributed by atoms with Gasteiger partial charge in [-0.1, -0.05) is 17.3 Å². The molecule has 1 heterocycles. The van der Waals surface area contributed by atoms with E-state index in [1.807, 2.05) is 73.5 Å². The van der Waals surface area contributed by atoms with Gasteiger partial charge in [-0.25, -0.2) is 4.68 Å². The molecule has 0 unspecified atom stereocenters. The fourth-order valence-corrected chi connectivity index (χ4v) is 4.50. The minimum atomic E-state index is -10.7. The number of benzene rings is 1. The average Bonchev–Trinajstić information content (AvgIpc) is 2.86. The summed E-state index contributed by atoms with van der Waals surface area (Å²) >= 11 is 0. The van der Waals surface area contributed by atoms with Crippen molar-refractivity contribution in [2.75, 3.05) is 35.2 Å². The zero-order valence-electron chi connectivity index (χ0n) is 15.3. The van der Waals surface area contributed by atoms with Gasteiger partial charge in [-0.15, -0.1) is 19.1 Å². The Bertz CT molecular complexity index is 762. The van der Waals surface area contributed by atoms with Crippen LogP contribution in [0.4, 0.5) is 25.2 Å². The monoisotopic (exact) mass is 442 g/mol. The van der Waals surface area contributed by atoms with Crippen molar-refractivity contribution in [2.45, 2.75) is 6.67 Å². The number of aromatic nitrogens is 3. The predicted molar refractivity (Wildman–Crippen MR) is 95.4 cm³/mol. The summed E-state index contributed by atoms with van der Waals surface area (Å²) in [6.45, 7) is 0.473. The van der Waals surface area contributed by atoms with Crippen LogP contribution in [-0.2, 0) is 6.67 Å². The van der Waals surface area contributed by atoms with Crippen LogP contribution in [0.5, 0.6) is 0 Å². The van der Waals surface area contributed by atoms with Gasteiger partial charge in [0, 0.05) is 35.2 Å². The Balaban J connectivity index is 0.000000445. The molecule has 0 saturated heterocycles. The zero-order chi connectivity index (χ0) is 21.3. The molecule has 158 valence electrons. The Labute approximate surface area is 152 Å². The SMILES string of the molecule is CN(C)[P+](O)(N(C)C)N(C)Cn1nnc2ccccc21.F[P-](F)(F)(F)(F)F. The van der Waals surface area contributed by atoms with Gasteiger partial charge in [-0.05, 0) is 12.1 Å². The van der Waals surface area contributed by atoms with Gasteiger partial charge in [0.2, 0.25) is 0 Å². The van der Waals surface area contributed by atoms with Crippen LogP contribution in [0.15, 0.2) is 24.3 Å². The Kier molecular flexibility index (Phi) is 6.26. The fourth-order valence-electron chi connectivity index (χ4n) is 2.27. The molecule has 1 aromatic heterocycles. The van der Waals surface area contributed by atoms with Gasteiger partial charge in [0.05, 0.1) is 5.52 Å². The van der Waals surface area contributed by atoms with Crippen molar-refractivity contribution in [3.05, 3.63) is 24.3 Å². The van der Waals surface area contributed by atoms with E-state index in [1.165, 1.54) is 0 Å². The molecule has 2 rings (SSSR count). The molecule has 0 radical (unpaired) electrons. The summed E-state index contributed by atoms with van der Waals surface area (Å²) in [5.41, 5.74) is 1.82. The molecule has 0 atom stereocenters. The Hall–Kier alpha value is -1.10. The van der Waals surface area contributed by atoms with Gasteiger partial charge in [0.15, 0.2) is 0 Å². The maximum atomic E-state index is 10.9. The van der Waals surface area contributed by atoms with Gasteiger partial charge >= 0.3 is 40.9 Å². The molecule has 7 nitrogen and oxygen atoms in total. The number of hydrogen-bond acceptors (Lipinski definition) is 6. The molecule has 0 amide bonds. The normalized spacial score (nSPS) is 15.7. The number of hydrogen-bond donors (Lipinski definition) is 1. The van der Waals surface area contributed by atoms with Crippen molar-refractivity contribution in [3.63, 3.8) is 0 Å². The number of halogens is 6. The number of fused-ring (bicyclic) bond motifs is 1. The van der Waals surface area contributed by atoms with E-state index in [0.717, 1.165) is 11.0 Å². The predicted octanol–water partition coefficient (Wildman–Crippen LogP) is 4.50. The average molecular weight is 442 g/mol. The Morgan fingerprint density at radius 3 is 1.85 bits per heavy atom. The molecule has 0 bridgehead atoms. The van der Waals surface area contributed by atoms with Crippen molar-refractivity contribution in [2.24, 2.45) is 0 Å². The molecule has 15 heteroatoms. The zero-order valence-corrected chi connectivity index (χ0v) is 17.1. The number of rotatable bonds is 5. The van der Waals surface area contributed by atoms with Crippen molar-refractivity contribution in [3.8, 4) is 0 Å². The van der Waals surface area contributed by atoms with Crippen LogP contribution in [-0.4, -0.2) is 69.1 Å². The number of nitrogens with zero attached hydrogens (tertiary/aromatic N) is 6.